The van der Waals surface area contributed by atoms with Crippen LogP contribution in [0.4, 0.5) is 15.8 Å². The summed E-state index contributed by atoms with van der Waals surface area (Å²) in [7, 11) is 0. The molecule has 104 valence electrons. The Hall–Kier alpha value is -1.78. The zero-order valence-electron chi connectivity index (χ0n) is 10.3. The van der Waals surface area contributed by atoms with Crippen molar-refractivity contribution in [2.45, 2.75) is 6.42 Å². The van der Waals surface area contributed by atoms with Gasteiger partial charge in [-0.1, -0.05) is 41.4 Å². The summed E-state index contributed by atoms with van der Waals surface area (Å²) in [5.74, 6) is -1.000. The molecule has 0 aromatic heterocycles. The molecule has 20 heavy (non-hydrogen) atoms. The molecule has 2 aromatic carbocycles. The van der Waals surface area contributed by atoms with E-state index in [1.165, 1.54) is 12.1 Å². The number of halogens is 3. The highest BCUT2D eigenvalue weighted by Crippen LogP contribution is 2.27. The highest BCUT2D eigenvalue weighted by molar-refractivity contribution is 6.35. The van der Waals surface area contributed by atoms with Gasteiger partial charge in [0.15, 0.2) is 5.82 Å². The van der Waals surface area contributed by atoms with E-state index >= 15 is 0 Å². The average molecular weight is 313 g/mol. The zero-order valence-corrected chi connectivity index (χ0v) is 11.8. The summed E-state index contributed by atoms with van der Waals surface area (Å²) in [5.41, 5.74) is 7.34. The summed E-state index contributed by atoms with van der Waals surface area (Å²) < 4.78 is 13.3. The summed E-state index contributed by atoms with van der Waals surface area (Å²) in [6.07, 6.45) is 0.110. The molecule has 3 N–H and O–H groups in total. The minimum atomic E-state index is -0.710. The Balaban J connectivity index is 2.11. The standard InChI is InChI=1S/C14H11Cl2FN2O/c15-10-6-9(7-11(16)14(10)17)19-13(20)5-8-3-1-2-4-12(8)18/h1-4,6-7H,5,18H2,(H,19,20). The number of carbonyl (C=O) groups excluding carboxylic acids is 1. The summed E-state index contributed by atoms with van der Waals surface area (Å²) >= 11 is 11.3. The van der Waals surface area contributed by atoms with Crippen LogP contribution in [-0.4, -0.2) is 5.91 Å². The lowest BCUT2D eigenvalue weighted by Gasteiger charge is -2.08. The first-order valence-electron chi connectivity index (χ1n) is 5.75. The minimum absolute atomic E-state index is 0.110. The summed E-state index contributed by atoms with van der Waals surface area (Å²) in [4.78, 5) is 11.9. The topological polar surface area (TPSA) is 55.1 Å². The van der Waals surface area contributed by atoms with Crippen LogP contribution in [0.15, 0.2) is 36.4 Å². The van der Waals surface area contributed by atoms with Gasteiger partial charge < -0.3 is 11.1 Å². The van der Waals surface area contributed by atoms with Gasteiger partial charge in [0, 0.05) is 11.4 Å². The van der Waals surface area contributed by atoms with Gasteiger partial charge in [-0.25, -0.2) is 4.39 Å². The Morgan fingerprint density at radius 1 is 1.20 bits per heavy atom. The first-order valence-corrected chi connectivity index (χ1v) is 6.50. The van der Waals surface area contributed by atoms with E-state index in [0.29, 0.717) is 16.9 Å². The lowest BCUT2D eigenvalue weighted by atomic mass is 10.1. The van der Waals surface area contributed by atoms with Gasteiger partial charge in [-0.15, -0.1) is 0 Å². The Morgan fingerprint density at radius 3 is 2.40 bits per heavy atom. The van der Waals surface area contributed by atoms with Crippen LogP contribution >= 0.6 is 23.2 Å². The molecule has 2 rings (SSSR count). The Labute approximate surface area is 125 Å². The van der Waals surface area contributed by atoms with E-state index in [-0.39, 0.29) is 22.4 Å². The molecule has 0 aliphatic rings. The molecular formula is C14H11Cl2FN2O. The van der Waals surface area contributed by atoms with Crippen molar-refractivity contribution in [3.63, 3.8) is 0 Å². The van der Waals surface area contributed by atoms with Crippen molar-refractivity contribution in [1.82, 2.24) is 0 Å². The van der Waals surface area contributed by atoms with Crippen molar-refractivity contribution in [2.75, 3.05) is 11.1 Å². The highest BCUT2D eigenvalue weighted by Gasteiger charge is 2.11. The third kappa shape index (κ3) is 3.40. The van der Waals surface area contributed by atoms with Crippen molar-refractivity contribution in [2.24, 2.45) is 0 Å². The molecule has 0 saturated heterocycles. The fourth-order valence-corrected chi connectivity index (χ4v) is 2.19. The van der Waals surface area contributed by atoms with Crippen LogP contribution in [-0.2, 0) is 11.2 Å². The van der Waals surface area contributed by atoms with Crippen LogP contribution in [0.25, 0.3) is 0 Å². The van der Waals surface area contributed by atoms with Crippen LogP contribution in [0.5, 0.6) is 0 Å². The van der Waals surface area contributed by atoms with Gasteiger partial charge in [-0.05, 0) is 23.8 Å². The van der Waals surface area contributed by atoms with E-state index < -0.39 is 5.82 Å². The second-order valence-electron chi connectivity index (χ2n) is 4.18. The maximum atomic E-state index is 13.3. The number of carbonyl (C=O) groups is 1. The normalized spacial score (nSPS) is 10.3. The third-order valence-electron chi connectivity index (χ3n) is 2.67. The number of amides is 1. The van der Waals surface area contributed by atoms with E-state index in [1.54, 1.807) is 24.3 Å². The number of nitrogens with two attached hydrogens (primary N) is 1. The van der Waals surface area contributed by atoms with E-state index in [0.717, 1.165) is 0 Å². The number of nitrogen functional groups attached to an aromatic ring is 1. The van der Waals surface area contributed by atoms with Gasteiger partial charge >= 0.3 is 0 Å². The van der Waals surface area contributed by atoms with Crippen molar-refractivity contribution in [1.29, 1.82) is 0 Å². The number of hydrogen-bond donors (Lipinski definition) is 2. The molecule has 0 fully saturated rings. The van der Waals surface area contributed by atoms with Crippen LogP contribution < -0.4 is 11.1 Å². The van der Waals surface area contributed by atoms with E-state index in [2.05, 4.69) is 5.32 Å². The number of benzene rings is 2. The SMILES string of the molecule is Nc1ccccc1CC(=O)Nc1cc(Cl)c(F)c(Cl)c1. The lowest BCUT2D eigenvalue weighted by molar-refractivity contribution is -0.115. The van der Waals surface area contributed by atoms with Crippen molar-refractivity contribution in [3.8, 4) is 0 Å². The third-order valence-corrected chi connectivity index (χ3v) is 3.22. The van der Waals surface area contributed by atoms with Crippen molar-refractivity contribution < 1.29 is 9.18 Å². The number of para-hydroxylation sites is 1. The quantitative estimate of drug-likeness (QED) is 0.667. The highest BCUT2D eigenvalue weighted by atomic mass is 35.5. The molecule has 6 heteroatoms. The van der Waals surface area contributed by atoms with Crippen LogP contribution in [0.1, 0.15) is 5.56 Å². The molecule has 0 unspecified atom stereocenters. The van der Waals surface area contributed by atoms with Crippen molar-refractivity contribution in [3.05, 3.63) is 57.8 Å². The van der Waals surface area contributed by atoms with Crippen LogP contribution in [0.3, 0.4) is 0 Å². The predicted octanol–water partition coefficient (Wildman–Crippen LogP) is 3.90. The Bertz CT molecular complexity index is 638. The van der Waals surface area contributed by atoms with Gasteiger partial charge in [0.1, 0.15) is 0 Å². The largest absolute Gasteiger partial charge is 0.398 e. The number of nitrogens with one attached hydrogen (secondary N) is 1. The molecule has 0 saturated carbocycles. The first-order chi connectivity index (χ1) is 9.47. The smallest absolute Gasteiger partial charge is 0.228 e. The molecule has 0 spiro atoms. The van der Waals surface area contributed by atoms with Gasteiger partial charge in [0.05, 0.1) is 16.5 Å². The van der Waals surface area contributed by atoms with Crippen LogP contribution in [0.2, 0.25) is 10.0 Å². The number of anilines is 2. The fourth-order valence-electron chi connectivity index (χ4n) is 1.70. The Kier molecular flexibility index (Phi) is 4.47. The molecule has 3 nitrogen and oxygen atoms in total. The molecule has 0 bridgehead atoms. The Morgan fingerprint density at radius 2 is 1.80 bits per heavy atom. The molecule has 2 aromatic rings. The monoisotopic (exact) mass is 312 g/mol. The molecule has 1 amide bonds. The van der Waals surface area contributed by atoms with Gasteiger partial charge in [-0.3, -0.25) is 4.79 Å². The summed E-state index contributed by atoms with van der Waals surface area (Å²) in [5, 5.41) is 2.30. The second kappa shape index (κ2) is 6.11. The van der Waals surface area contributed by atoms with Gasteiger partial charge in [0.25, 0.3) is 0 Å². The van der Waals surface area contributed by atoms with Gasteiger partial charge in [0.2, 0.25) is 5.91 Å². The van der Waals surface area contributed by atoms with E-state index in [1.807, 2.05) is 0 Å². The second-order valence-corrected chi connectivity index (χ2v) is 4.99. The lowest BCUT2D eigenvalue weighted by Crippen LogP contribution is -2.15. The summed E-state index contributed by atoms with van der Waals surface area (Å²) in [6.45, 7) is 0. The molecule has 0 heterocycles. The average Bonchev–Trinajstić information content (AvgIpc) is 2.38. The molecule has 0 radical (unpaired) electrons. The number of rotatable bonds is 3. The van der Waals surface area contributed by atoms with Crippen LogP contribution in [0, 0.1) is 5.82 Å². The maximum absolute atomic E-state index is 13.3. The number of hydrogen-bond acceptors (Lipinski definition) is 2. The molecule has 0 aliphatic heterocycles. The molecule has 0 aliphatic carbocycles. The van der Waals surface area contributed by atoms with Gasteiger partial charge in [-0.2, -0.15) is 0 Å². The minimum Gasteiger partial charge on any atom is -0.398 e. The molecular weight excluding hydrogens is 302 g/mol. The predicted molar refractivity (Wildman–Crippen MR) is 79.6 cm³/mol. The zero-order chi connectivity index (χ0) is 14.7. The molecule has 0 atom stereocenters. The maximum Gasteiger partial charge on any atom is 0.228 e. The fraction of sp³-hybridized carbons (Fsp3) is 0.0714. The first kappa shape index (κ1) is 14.6. The summed E-state index contributed by atoms with van der Waals surface area (Å²) in [6, 6.07) is 9.67. The van der Waals surface area contributed by atoms with Crippen molar-refractivity contribution >= 4 is 40.5 Å². The van der Waals surface area contributed by atoms with E-state index in [9.17, 15) is 9.18 Å². The van der Waals surface area contributed by atoms with E-state index in [4.69, 9.17) is 28.9 Å².